The van der Waals surface area contributed by atoms with Crippen LogP contribution in [0.15, 0.2) is 49.2 Å². The van der Waals surface area contributed by atoms with Gasteiger partial charge in [-0.1, -0.05) is 19.6 Å². The summed E-state index contributed by atoms with van der Waals surface area (Å²) >= 11 is 0. The lowest BCUT2D eigenvalue weighted by molar-refractivity contribution is -0.144. The Morgan fingerprint density at radius 3 is 2.45 bits per heavy atom. The smallest absolute Gasteiger partial charge is 0.410 e. The third-order valence-electron chi connectivity index (χ3n) is 9.46. The predicted octanol–water partition coefficient (Wildman–Crippen LogP) is 5.23. The molecule has 2 aliphatic rings. The van der Waals surface area contributed by atoms with Crippen molar-refractivity contribution in [2.24, 2.45) is 7.05 Å². The summed E-state index contributed by atoms with van der Waals surface area (Å²) in [7, 11) is 0.350. The number of hydrogen-bond acceptors (Lipinski definition) is 11. The molecule has 0 aromatic carbocycles. The number of rotatable bonds is 10. The van der Waals surface area contributed by atoms with Crippen LogP contribution < -0.4 is 10.2 Å². The Kier molecular flexibility index (Phi) is 9.99. The lowest BCUT2D eigenvalue weighted by Gasteiger charge is -2.51. The van der Waals surface area contributed by atoms with Crippen LogP contribution in [0.25, 0.3) is 27.8 Å². The molecule has 4 aromatic heterocycles. The van der Waals surface area contributed by atoms with Crippen LogP contribution in [-0.4, -0.2) is 105 Å². The van der Waals surface area contributed by atoms with Gasteiger partial charge in [0.2, 0.25) is 0 Å². The maximum Gasteiger partial charge on any atom is 0.410 e. The number of esters is 1. The van der Waals surface area contributed by atoms with Crippen LogP contribution >= 0.6 is 0 Å². The highest BCUT2D eigenvalue weighted by Crippen LogP contribution is 2.44. The first-order valence-corrected chi connectivity index (χ1v) is 21.5. The average Bonchev–Trinajstić information content (AvgIpc) is 3.73. The summed E-state index contributed by atoms with van der Waals surface area (Å²) in [5, 5.41) is 21.7. The van der Waals surface area contributed by atoms with Gasteiger partial charge in [0.1, 0.15) is 17.5 Å². The van der Waals surface area contributed by atoms with E-state index in [0.29, 0.717) is 23.4 Å². The maximum absolute atomic E-state index is 13.6. The fourth-order valence-electron chi connectivity index (χ4n) is 7.04. The van der Waals surface area contributed by atoms with E-state index >= 15 is 0 Å². The van der Waals surface area contributed by atoms with Gasteiger partial charge in [0.05, 0.1) is 67.3 Å². The third-order valence-corrected chi connectivity index (χ3v) is 11.2. The number of nitrogens with one attached hydrogen (secondary N) is 1. The van der Waals surface area contributed by atoms with Gasteiger partial charge in [0, 0.05) is 62.5 Å². The molecule has 1 unspecified atom stereocenters. The molecule has 0 bridgehead atoms. The molecule has 15 nitrogen and oxygen atoms in total. The summed E-state index contributed by atoms with van der Waals surface area (Å²) < 4.78 is 20.2. The molecule has 2 saturated heterocycles. The van der Waals surface area contributed by atoms with Crippen molar-refractivity contribution in [2.75, 3.05) is 31.2 Å². The standard InChI is InChI=1S/C37H47N9O6Si/c1-9-50-31(47)15-37(42-34(48)51-12-13-53(6,7)8)23-45(35(49)52-36(2,3)4)29-22-44(33(29)37)30-11-10-24(17-39-30)28-14-25(27-19-40-43(5)20-27)21-46-32(28)26(16-38)18-41-46/h10-11,14,17-21,29,33H,9,12-13,15,22-23H2,1-8H3,(H,42,48)/t29-,33+,37?/m0/s1. The van der Waals surface area contributed by atoms with Crippen molar-refractivity contribution in [2.45, 2.75) is 83.0 Å². The lowest BCUT2D eigenvalue weighted by atomic mass is 9.80. The largest absolute Gasteiger partial charge is 0.466 e. The number of carbonyl (C=O) groups excluding carboxylic acids is 3. The van der Waals surface area contributed by atoms with Crippen LogP contribution in [0, 0.1) is 11.3 Å². The van der Waals surface area contributed by atoms with E-state index < -0.39 is 49.5 Å². The van der Waals surface area contributed by atoms with Gasteiger partial charge >= 0.3 is 18.2 Å². The molecule has 2 aliphatic heterocycles. The summed E-state index contributed by atoms with van der Waals surface area (Å²) in [6.07, 6.45) is 7.39. The van der Waals surface area contributed by atoms with Crippen molar-refractivity contribution in [3.05, 3.63) is 54.7 Å². The molecule has 0 radical (unpaired) electrons. The van der Waals surface area contributed by atoms with Gasteiger partial charge in [-0.3, -0.25) is 14.4 Å². The minimum absolute atomic E-state index is 0.00499. The van der Waals surface area contributed by atoms with E-state index in [-0.39, 0.29) is 26.2 Å². The van der Waals surface area contributed by atoms with E-state index in [1.807, 2.05) is 42.5 Å². The van der Waals surface area contributed by atoms with Gasteiger partial charge in [0.15, 0.2) is 0 Å². The average molecular weight is 742 g/mol. The van der Waals surface area contributed by atoms with Gasteiger partial charge in [-0.25, -0.2) is 19.1 Å². The summed E-state index contributed by atoms with van der Waals surface area (Å²) in [5.41, 5.74) is 2.30. The molecule has 6 rings (SSSR count). The fourth-order valence-corrected chi connectivity index (χ4v) is 7.75. The first-order valence-electron chi connectivity index (χ1n) is 17.7. The minimum atomic E-state index is -1.50. The van der Waals surface area contributed by atoms with Gasteiger partial charge < -0.3 is 24.4 Å². The number of aromatic nitrogens is 5. The van der Waals surface area contributed by atoms with E-state index in [1.54, 1.807) is 54.2 Å². The number of nitriles is 1. The van der Waals surface area contributed by atoms with Crippen LogP contribution in [0.1, 0.15) is 39.7 Å². The number of nitrogens with zero attached hydrogens (tertiary/aromatic N) is 8. The molecule has 53 heavy (non-hydrogen) atoms. The molecular formula is C37H47N9O6Si. The molecule has 0 saturated carbocycles. The number of hydrogen-bond donors (Lipinski definition) is 1. The number of amides is 2. The topological polar surface area (TPSA) is 169 Å². The van der Waals surface area contributed by atoms with E-state index in [0.717, 1.165) is 28.3 Å². The quantitative estimate of drug-likeness (QED) is 0.128. The molecule has 4 aromatic rings. The van der Waals surface area contributed by atoms with E-state index in [9.17, 15) is 19.6 Å². The third kappa shape index (κ3) is 7.85. The second kappa shape index (κ2) is 14.2. The number of aryl methyl sites for hydroxylation is 1. The molecule has 2 amide bonds. The van der Waals surface area contributed by atoms with Gasteiger partial charge in [-0.15, -0.1) is 0 Å². The maximum atomic E-state index is 13.6. The van der Waals surface area contributed by atoms with Crippen LogP contribution in [0.2, 0.25) is 25.7 Å². The van der Waals surface area contributed by atoms with Gasteiger partial charge in [0.25, 0.3) is 0 Å². The van der Waals surface area contributed by atoms with E-state index in [2.05, 4.69) is 41.2 Å². The first kappa shape index (κ1) is 37.3. The molecule has 1 N–H and O–H groups in total. The zero-order valence-electron chi connectivity index (χ0n) is 31.5. The van der Waals surface area contributed by atoms with Crippen LogP contribution in [0.3, 0.4) is 0 Å². The molecule has 3 atom stereocenters. The number of likely N-dealkylation sites (tertiary alicyclic amines) is 1. The van der Waals surface area contributed by atoms with Crippen LogP contribution in [0.4, 0.5) is 15.4 Å². The van der Waals surface area contributed by atoms with Crippen molar-refractivity contribution in [1.29, 1.82) is 5.26 Å². The normalized spacial score (nSPS) is 19.7. The van der Waals surface area contributed by atoms with Crippen molar-refractivity contribution in [3.8, 4) is 28.3 Å². The summed E-state index contributed by atoms with van der Waals surface area (Å²) in [6.45, 7) is 14.5. The molecular weight excluding hydrogens is 695 g/mol. The van der Waals surface area contributed by atoms with Crippen LogP contribution in [0.5, 0.6) is 0 Å². The molecule has 0 spiro atoms. The number of anilines is 1. The first-order chi connectivity index (χ1) is 25.0. The Labute approximate surface area is 309 Å². The molecule has 0 aliphatic carbocycles. The molecule has 16 heteroatoms. The Bertz CT molecular complexity index is 2060. The highest BCUT2D eigenvalue weighted by Gasteiger charge is 2.64. The number of carbonyl (C=O) groups is 3. The number of ether oxygens (including phenoxy) is 3. The van der Waals surface area contributed by atoms with Gasteiger partial charge in [-0.2, -0.15) is 15.5 Å². The SMILES string of the molecule is CCOC(=O)CC1(NC(=O)OCC[Si](C)(C)C)CN(C(=O)OC(C)(C)C)[C@H]2CN(c3ccc(-c4cc(-c5cnn(C)c5)cn5ncc(C#N)c45)cn3)[C@H]21. The Balaban J connectivity index is 1.36. The highest BCUT2D eigenvalue weighted by atomic mass is 28.3. The van der Waals surface area contributed by atoms with Crippen molar-refractivity contribution in [3.63, 3.8) is 0 Å². The van der Waals surface area contributed by atoms with Crippen molar-refractivity contribution >= 4 is 37.6 Å². The van der Waals surface area contributed by atoms with E-state index in [4.69, 9.17) is 19.2 Å². The van der Waals surface area contributed by atoms with Gasteiger partial charge in [-0.05, 0) is 51.9 Å². The highest BCUT2D eigenvalue weighted by molar-refractivity contribution is 6.76. The van der Waals surface area contributed by atoms with Crippen LogP contribution in [-0.2, 0) is 26.1 Å². The predicted molar refractivity (Wildman–Crippen MR) is 200 cm³/mol. The number of pyridine rings is 2. The number of fused-ring (bicyclic) bond motifs is 2. The number of alkyl carbamates (subject to hydrolysis) is 1. The summed E-state index contributed by atoms with van der Waals surface area (Å²) in [6, 6.07) is 7.83. The second-order valence-corrected chi connectivity index (χ2v) is 21.5. The Morgan fingerprint density at radius 2 is 1.83 bits per heavy atom. The monoisotopic (exact) mass is 741 g/mol. The molecule has 280 valence electrons. The lowest BCUT2D eigenvalue weighted by Crippen LogP contribution is -2.72. The van der Waals surface area contributed by atoms with Crippen molar-refractivity contribution < 1.29 is 28.6 Å². The van der Waals surface area contributed by atoms with Crippen molar-refractivity contribution in [1.82, 2.24) is 34.6 Å². The second-order valence-electron chi connectivity index (χ2n) is 15.9. The fraction of sp³-hybridized carbons (Fsp3) is 0.486. The molecule has 2 fully saturated rings. The molecule has 6 heterocycles. The summed E-state index contributed by atoms with van der Waals surface area (Å²) in [5.74, 6) is 0.0677. The Hall–Kier alpha value is -5.43. The Morgan fingerprint density at radius 1 is 1.06 bits per heavy atom. The summed E-state index contributed by atoms with van der Waals surface area (Å²) in [4.78, 5) is 48.7. The minimum Gasteiger partial charge on any atom is -0.466 e. The zero-order valence-corrected chi connectivity index (χ0v) is 32.5. The zero-order chi connectivity index (χ0) is 38.3. The van der Waals surface area contributed by atoms with E-state index in [1.165, 1.54) is 6.20 Å².